The highest BCUT2D eigenvalue weighted by Crippen LogP contribution is 2.08. The van der Waals surface area contributed by atoms with Crippen LogP contribution in [-0.2, 0) is 16.1 Å². The Morgan fingerprint density at radius 1 is 1.22 bits per heavy atom. The van der Waals surface area contributed by atoms with Gasteiger partial charge in [-0.25, -0.2) is 8.78 Å². The van der Waals surface area contributed by atoms with Crippen molar-refractivity contribution >= 4 is 23.6 Å². The number of carbonyl (C=O) groups excluding carboxylic acids is 1. The highest BCUT2D eigenvalue weighted by molar-refractivity contribution is 8.00. The van der Waals surface area contributed by atoms with Gasteiger partial charge >= 0.3 is 5.97 Å². The highest BCUT2D eigenvalue weighted by Gasteiger charge is 2.06. The van der Waals surface area contributed by atoms with Crippen LogP contribution in [0.4, 0.5) is 8.78 Å². The van der Waals surface area contributed by atoms with Gasteiger partial charge in [0.05, 0.1) is 11.5 Å². The molecule has 1 amide bonds. The number of nitrogens with one attached hydrogen (secondary N) is 1. The zero-order valence-corrected chi connectivity index (χ0v) is 10.1. The first-order chi connectivity index (χ1) is 8.49. The van der Waals surface area contributed by atoms with Crippen molar-refractivity contribution in [2.24, 2.45) is 0 Å². The van der Waals surface area contributed by atoms with E-state index in [0.717, 1.165) is 23.9 Å². The number of carboxylic acids is 1. The number of carbonyl (C=O) groups is 2. The maximum atomic E-state index is 12.8. The molecule has 0 atom stereocenters. The molecular weight excluding hydrogens is 264 g/mol. The maximum Gasteiger partial charge on any atom is 0.313 e. The Morgan fingerprint density at radius 3 is 2.56 bits per heavy atom. The number of hydrogen-bond donors (Lipinski definition) is 2. The number of hydrogen-bond acceptors (Lipinski definition) is 3. The summed E-state index contributed by atoms with van der Waals surface area (Å²) in [5, 5.41) is 10.8. The number of thioether (sulfide) groups is 1. The van der Waals surface area contributed by atoms with Gasteiger partial charge in [-0.3, -0.25) is 9.59 Å². The molecule has 98 valence electrons. The third kappa shape index (κ3) is 5.13. The molecule has 0 unspecified atom stereocenters. The van der Waals surface area contributed by atoms with Crippen LogP contribution in [0.25, 0.3) is 0 Å². The van der Waals surface area contributed by atoms with Crippen molar-refractivity contribution in [1.29, 1.82) is 0 Å². The van der Waals surface area contributed by atoms with Gasteiger partial charge in [0.25, 0.3) is 0 Å². The average Bonchev–Trinajstić information content (AvgIpc) is 2.30. The fourth-order valence-electron chi connectivity index (χ4n) is 1.13. The molecule has 0 saturated carbocycles. The Kier molecular flexibility index (Phi) is 5.57. The summed E-state index contributed by atoms with van der Waals surface area (Å²) in [5.74, 6) is -3.40. The van der Waals surface area contributed by atoms with Crippen LogP contribution >= 0.6 is 11.8 Å². The fourth-order valence-corrected chi connectivity index (χ4v) is 1.70. The van der Waals surface area contributed by atoms with Crippen LogP contribution < -0.4 is 5.32 Å². The molecule has 0 heterocycles. The average molecular weight is 275 g/mol. The van der Waals surface area contributed by atoms with Gasteiger partial charge in [0.2, 0.25) is 5.91 Å². The largest absolute Gasteiger partial charge is 0.481 e. The Hall–Kier alpha value is -1.63. The van der Waals surface area contributed by atoms with Crippen molar-refractivity contribution in [3.05, 3.63) is 35.4 Å². The third-order valence-corrected chi connectivity index (χ3v) is 2.85. The van der Waals surface area contributed by atoms with E-state index in [1.54, 1.807) is 0 Å². The SMILES string of the molecule is O=C(O)CSCC(=O)NCc1ccc(F)c(F)c1. The predicted molar refractivity (Wildman–Crippen MR) is 63.2 cm³/mol. The molecule has 18 heavy (non-hydrogen) atoms. The van der Waals surface area contributed by atoms with Crippen LogP contribution in [0.1, 0.15) is 5.56 Å². The molecule has 0 saturated heterocycles. The molecule has 0 aromatic heterocycles. The van der Waals surface area contributed by atoms with Crippen molar-refractivity contribution in [2.45, 2.75) is 6.54 Å². The van der Waals surface area contributed by atoms with Gasteiger partial charge in [0, 0.05) is 6.54 Å². The first kappa shape index (κ1) is 14.4. The minimum Gasteiger partial charge on any atom is -0.481 e. The fraction of sp³-hybridized carbons (Fsp3) is 0.273. The number of aliphatic carboxylic acids is 1. The minimum atomic E-state index is -0.992. The van der Waals surface area contributed by atoms with Crippen molar-refractivity contribution in [3.63, 3.8) is 0 Å². The molecule has 7 heteroatoms. The molecule has 0 radical (unpaired) electrons. The van der Waals surface area contributed by atoms with E-state index in [-0.39, 0.29) is 24.0 Å². The number of benzene rings is 1. The summed E-state index contributed by atoms with van der Waals surface area (Å²) in [6, 6.07) is 3.35. The summed E-state index contributed by atoms with van der Waals surface area (Å²) in [5.41, 5.74) is 0.436. The summed E-state index contributed by atoms with van der Waals surface area (Å²) in [4.78, 5) is 21.5. The molecule has 0 bridgehead atoms. The lowest BCUT2D eigenvalue weighted by atomic mass is 10.2. The van der Waals surface area contributed by atoms with Crippen LogP contribution in [0, 0.1) is 11.6 Å². The van der Waals surface area contributed by atoms with Crippen molar-refractivity contribution in [3.8, 4) is 0 Å². The van der Waals surface area contributed by atoms with Gasteiger partial charge in [-0.2, -0.15) is 0 Å². The van der Waals surface area contributed by atoms with E-state index < -0.39 is 17.6 Å². The second-order valence-electron chi connectivity index (χ2n) is 3.41. The lowest BCUT2D eigenvalue weighted by molar-refractivity contribution is -0.133. The van der Waals surface area contributed by atoms with Gasteiger partial charge in [-0.15, -0.1) is 11.8 Å². The lowest BCUT2D eigenvalue weighted by Gasteiger charge is -2.05. The first-order valence-electron chi connectivity index (χ1n) is 4.99. The summed E-state index contributed by atoms with van der Waals surface area (Å²) in [6.07, 6.45) is 0. The Morgan fingerprint density at radius 2 is 1.94 bits per heavy atom. The van der Waals surface area contributed by atoms with E-state index in [1.165, 1.54) is 6.07 Å². The van der Waals surface area contributed by atoms with E-state index in [2.05, 4.69) is 5.32 Å². The van der Waals surface area contributed by atoms with E-state index in [1.807, 2.05) is 0 Å². The molecule has 0 aliphatic carbocycles. The number of carboxylic acid groups (broad SMARTS) is 1. The van der Waals surface area contributed by atoms with Gasteiger partial charge in [0.1, 0.15) is 0 Å². The smallest absolute Gasteiger partial charge is 0.313 e. The van der Waals surface area contributed by atoms with Crippen LogP contribution in [0.3, 0.4) is 0 Å². The monoisotopic (exact) mass is 275 g/mol. The second-order valence-corrected chi connectivity index (χ2v) is 4.40. The summed E-state index contributed by atoms with van der Waals surface area (Å²) < 4.78 is 25.5. The van der Waals surface area contributed by atoms with Crippen molar-refractivity contribution in [2.75, 3.05) is 11.5 Å². The van der Waals surface area contributed by atoms with E-state index >= 15 is 0 Å². The lowest BCUT2D eigenvalue weighted by Crippen LogP contribution is -2.25. The van der Waals surface area contributed by atoms with Crippen LogP contribution in [0.5, 0.6) is 0 Å². The zero-order valence-electron chi connectivity index (χ0n) is 9.28. The zero-order chi connectivity index (χ0) is 13.5. The quantitative estimate of drug-likeness (QED) is 0.823. The molecular formula is C11H11F2NO3S. The molecule has 0 fully saturated rings. The van der Waals surface area contributed by atoms with E-state index in [9.17, 15) is 18.4 Å². The van der Waals surface area contributed by atoms with Gasteiger partial charge in [-0.1, -0.05) is 6.07 Å². The van der Waals surface area contributed by atoms with Gasteiger partial charge in [0.15, 0.2) is 11.6 Å². The maximum absolute atomic E-state index is 12.8. The van der Waals surface area contributed by atoms with Gasteiger partial charge < -0.3 is 10.4 Å². The summed E-state index contributed by atoms with van der Waals surface area (Å²) in [7, 11) is 0. The molecule has 2 N–H and O–H groups in total. The van der Waals surface area contributed by atoms with Crippen molar-refractivity contribution < 1.29 is 23.5 Å². The molecule has 1 rings (SSSR count). The molecule has 1 aromatic carbocycles. The van der Waals surface area contributed by atoms with Crippen LogP contribution in [0.15, 0.2) is 18.2 Å². The number of halogens is 2. The third-order valence-electron chi connectivity index (χ3n) is 1.93. The number of amides is 1. The Balaban J connectivity index is 2.33. The molecule has 0 aliphatic rings. The highest BCUT2D eigenvalue weighted by atomic mass is 32.2. The van der Waals surface area contributed by atoms with Crippen LogP contribution in [-0.4, -0.2) is 28.5 Å². The standard InChI is InChI=1S/C11H11F2NO3S/c12-8-2-1-7(3-9(8)13)4-14-10(15)5-18-6-11(16)17/h1-3H,4-6H2,(H,14,15)(H,16,17). The van der Waals surface area contributed by atoms with Crippen molar-refractivity contribution in [1.82, 2.24) is 5.32 Å². The normalized spacial score (nSPS) is 10.1. The Bertz CT molecular complexity index is 454. The first-order valence-corrected chi connectivity index (χ1v) is 6.14. The topological polar surface area (TPSA) is 66.4 Å². The molecule has 0 spiro atoms. The summed E-state index contributed by atoms with van der Waals surface area (Å²) >= 11 is 0.965. The van der Waals surface area contributed by atoms with E-state index in [0.29, 0.717) is 5.56 Å². The van der Waals surface area contributed by atoms with Crippen LogP contribution in [0.2, 0.25) is 0 Å². The summed E-state index contributed by atoms with van der Waals surface area (Å²) in [6.45, 7) is 0.0731. The second kappa shape index (κ2) is 6.95. The molecule has 4 nitrogen and oxygen atoms in total. The number of rotatable bonds is 6. The predicted octanol–water partition coefficient (Wildman–Crippen LogP) is 1.40. The Labute approximate surface area is 106 Å². The minimum absolute atomic E-state index is 0.00990. The molecule has 0 aliphatic heterocycles. The molecule has 1 aromatic rings. The van der Waals surface area contributed by atoms with Gasteiger partial charge in [-0.05, 0) is 17.7 Å². The van der Waals surface area contributed by atoms with E-state index in [4.69, 9.17) is 5.11 Å².